The van der Waals surface area contributed by atoms with Crippen LogP contribution in [0.5, 0.6) is 0 Å². The van der Waals surface area contributed by atoms with Gasteiger partial charge in [0, 0.05) is 24.5 Å². The van der Waals surface area contributed by atoms with Gasteiger partial charge in [0.2, 0.25) is 0 Å². The van der Waals surface area contributed by atoms with Crippen molar-refractivity contribution in [1.82, 2.24) is 14.7 Å². The van der Waals surface area contributed by atoms with Gasteiger partial charge >= 0.3 is 0 Å². The Balaban J connectivity index is 2.00. The standard InChI is InChI=1S/C15H27N3O/c1-17(2)15(10-5-4-6-11-15)14(19)8-7-13-9-12-16-18(13)3/h9,12,14,19H,4-8,10-11H2,1-3H3. The van der Waals surface area contributed by atoms with Crippen LogP contribution in [0.4, 0.5) is 0 Å². The Morgan fingerprint density at radius 3 is 2.58 bits per heavy atom. The number of nitrogens with zero attached hydrogens (tertiary/aromatic N) is 3. The highest BCUT2D eigenvalue weighted by molar-refractivity contribution is 5.03. The normalized spacial score (nSPS) is 20.7. The molecule has 0 radical (unpaired) electrons. The monoisotopic (exact) mass is 265 g/mol. The molecule has 19 heavy (non-hydrogen) atoms. The summed E-state index contributed by atoms with van der Waals surface area (Å²) in [6.07, 6.45) is 9.30. The molecule has 1 heterocycles. The minimum Gasteiger partial charge on any atom is -0.391 e. The van der Waals surface area contributed by atoms with Crippen molar-refractivity contribution in [3.05, 3.63) is 18.0 Å². The summed E-state index contributed by atoms with van der Waals surface area (Å²) in [5.41, 5.74) is 1.18. The zero-order chi connectivity index (χ0) is 13.9. The highest BCUT2D eigenvalue weighted by atomic mass is 16.3. The van der Waals surface area contributed by atoms with Crippen molar-refractivity contribution < 1.29 is 5.11 Å². The topological polar surface area (TPSA) is 41.3 Å². The van der Waals surface area contributed by atoms with Crippen molar-refractivity contribution in [3.8, 4) is 0 Å². The SMILES string of the molecule is CN(C)C1(C(O)CCc2ccnn2C)CCCCC1. The molecule has 1 atom stereocenters. The van der Waals surface area contributed by atoms with E-state index in [1.165, 1.54) is 25.0 Å². The van der Waals surface area contributed by atoms with Gasteiger partial charge in [-0.15, -0.1) is 0 Å². The molecule has 1 unspecified atom stereocenters. The van der Waals surface area contributed by atoms with Crippen molar-refractivity contribution in [3.63, 3.8) is 0 Å². The molecule has 4 nitrogen and oxygen atoms in total. The Hall–Kier alpha value is -0.870. The zero-order valence-electron chi connectivity index (χ0n) is 12.5. The summed E-state index contributed by atoms with van der Waals surface area (Å²) < 4.78 is 1.90. The van der Waals surface area contributed by atoms with Gasteiger partial charge in [-0.2, -0.15) is 5.10 Å². The van der Waals surface area contributed by atoms with E-state index in [9.17, 15) is 5.11 Å². The molecule has 0 aromatic carbocycles. The molecular formula is C15H27N3O. The van der Waals surface area contributed by atoms with Crippen LogP contribution in [0.15, 0.2) is 12.3 Å². The van der Waals surface area contributed by atoms with Gasteiger partial charge in [0.1, 0.15) is 0 Å². The smallest absolute Gasteiger partial charge is 0.0727 e. The maximum absolute atomic E-state index is 10.7. The van der Waals surface area contributed by atoms with Crippen LogP contribution in [0, 0.1) is 0 Å². The van der Waals surface area contributed by atoms with Gasteiger partial charge in [-0.25, -0.2) is 0 Å². The maximum Gasteiger partial charge on any atom is 0.0727 e. The third-order valence-corrected chi connectivity index (χ3v) is 4.83. The van der Waals surface area contributed by atoms with E-state index >= 15 is 0 Å². The van der Waals surface area contributed by atoms with E-state index in [4.69, 9.17) is 0 Å². The number of hydrogen-bond donors (Lipinski definition) is 1. The average Bonchev–Trinajstić information content (AvgIpc) is 2.82. The first-order valence-electron chi connectivity index (χ1n) is 7.38. The fraction of sp³-hybridized carbons (Fsp3) is 0.800. The highest BCUT2D eigenvalue weighted by Gasteiger charge is 2.40. The molecular weight excluding hydrogens is 238 g/mol. The van der Waals surface area contributed by atoms with Crippen molar-refractivity contribution in [2.24, 2.45) is 7.05 Å². The van der Waals surface area contributed by atoms with Crippen molar-refractivity contribution >= 4 is 0 Å². The Morgan fingerprint density at radius 2 is 2.05 bits per heavy atom. The number of aromatic nitrogens is 2. The second-order valence-electron chi connectivity index (χ2n) is 6.06. The number of aryl methyl sites for hydroxylation is 2. The molecule has 4 heteroatoms. The summed E-state index contributed by atoms with van der Waals surface area (Å²) >= 11 is 0. The third kappa shape index (κ3) is 3.00. The minimum absolute atomic E-state index is 0.0170. The van der Waals surface area contributed by atoms with Gasteiger partial charge in [-0.3, -0.25) is 4.68 Å². The van der Waals surface area contributed by atoms with E-state index in [-0.39, 0.29) is 11.6 Å². The predicted molar refractivity (Wildman–Crippen MR) is 77.0 cm³/mol. The molecule has 1 aromatic rings. The van der Waals surface area contributed by atoms with Crippen LogP contribution < -0.4 is 0 Å². The van der Waals surface area contributed by atoms with Crippen LogP contribution in [0.1, 0.15) is 44.2 Å². The van der Waals surface area contributed by atoms with Crippen LogP contribution >= 0.6 is 0 Å². The molecule has 1 aliphatic carbocycles. The molecule has 1 saturated carbocycles. The van der Waals surface area contributed by atoms with Gasteiger partial charge in [-0.05, 0) is 45.8 Å². The Morgan fingerprint density at radius 1 is 1.37 bits per heavy atom. The van der Waals surface area contributed by atoms with Crippen LogP contribution in [-0.4, -0.2) is 45.5 Å². The van der Waals surface area contributed by atoms with Gasteiger partial charge < -0.3 is 10.0 Å². The lowest BCUT2D eigenvalue weighted by Crippen LogP contribution is -2.54. The van der Waals surface area contributed by atoms with Gasteiger partial charge in [0.05, 0.1) is 6.10 Å². The average molecular weight is 265 g/mol. The van der Waals surface area contributed by atoms with E-state index in [1.54, 1.807) is 0 Å². The first-order chi connectivity index (χ1) is 9.06. The maximum atomic E-state index is 10.7. The summed E-state index contributed by atoms with van der Waals surface area (Å²) in [4.78, 5) is 2.25. The second-order valence-corrected chi connectivity index (χ2v) is 6.06. The molecule has 1 aromatic heterocycles. The lowest BCUT2D eigenvalue weighted by atomic mass is 9.75. The molecule has 0 bridgehead atoms. The minimum atomic E-state index is -0.252. The number of rotatable bonds is 5. The number of aliphatic hydroxyl groups excluding tert-OH is 1. The van der Waals surface area contributed by atoms with Gasteiger partial charge in [0.25, 0.3) is 0 Å². The Kier molecular flexibility index (Phi) is 4.63. The van der Waals surface area contributed by atoms with Crippen molar-refractivity contribution in [2.45, 2.75) is 56.6 Å². The molecule has 0 spiro atoms. The predicted octanol–water partition coefficient (Wildman–Crippen LogP) is 1.98. The Bertz CT molecular complexity index is 394. The first-order valence-corrected chi connectivity index (χ1v) is 7.38. The van der Waals surface area contributed by atoms with Gasteiger partial charge in [0.15, 0.2) is 0 Å². The molecule has 1 N–H and O–H groups in total. The number of aliphatic hydroxyl groups is 1. The van der Waals surface area contributed by atoms with Crippen LogP contribution in [0.25, 0.3) is 0 Å². The fourth-order valence-electron chi connectivity index (χ4n) is 3.44. The molecule has 1 fully saturated rings. The summed E-state index contributed by atoms with van der Waals surface area (Å²) in [5, 5.41) is 14.9. The molecule has 0 amide bonds. The van der Waals surface area contributed by atoms with Crippen LogP contribution in [0.2, 0.25) is 0 Å². The molecule has 1 aliphatic rings. The van der Waals surface area contributed by atoms with E-state index in [0.29, 0.717) is 0 Å². The van der Waals surface area contributed by atoms with Crippen molar-refractivity contribution in [2.75, 3.05) is 14.1 Å². The third-order valence-electron chi connectivity index (χ3n) is 4.83. The number of hydrogen-bond acceptors (Lipinski definition) is 3. The largest absolute Gasteiger partial charge is 0.391 e. The van der Waals surface area contributed by atoms with E-state index in [0.717, 1.165) is 25.7 Å². The molecule has 0 aliphatic heterocycles. The highest BCUT2D eigenvalue weighted by Crippen LogP contribution is 2.36. The van der Waals surface area contributed by atoms with Crippen molar-refractivity contribution in [1.29, 1.82) is 0 Å². The lowest BCUT2D eigenvalue weighted by Gasteiger charge is -2.46. The molecule has 108 valence electrons. The first kappa shape index (κ1) is 14.5. The Labute approximate surface area is 116 Å². The summed E-state index contributed by atoms with van der Waals surface area (Å²) in [6, 6.07) is 2.04. The lowest BCUT2D eigenvalue weighted by molar-refractivity contribution is -0.0355. The molecule has 2 rings (SSSR count). The van der Waals surface area contributed by atoms with Gasteiger partial charge in [-0.1, -0.05) is 19.3 Å². The van der Waals surface area contributed by atoms with Crippen LogP contribution in [-0.2, 0) is 13.5 Å². The summed E-state index contributed by atoms with van der Waals surface area (Å²) in [7, 11) is 6.18. The summed E-state index contributed by atoms with van der Waals surface area (Å²) in [6.45, 7) is 0. The fourth-order valence-corrected chi connectivity index (χ4v) is 3.44. The molecule has 0 saturated heterocycles. The second kappa shape index (κ2) is 6.06. The number of likely N-dealkylation sites (N-methyl/N-ethyl adjacent to an activating group) is 1. The van der Waals surface area contributed by atoms with E-state index in [2.05, 4.69) is 24.1 Å². The van der Waals surface area contributed by atoms with E-state index < -0.39 is 0 Å². The summed E-state index contributed by atoms with van der Waals surface area (Å²) in [5.74, 6) is 0. The van der Waals surface area contributed by atoms with Crippen LogP contribution in [0.3, 0.4) is 0 Å². The quantitative estimate of drug-likeness (QED) is 0.885. The van der Waals surface area contributed by atoms with E-state index in [1.807, 2.05) is 24.0 Å². The zero-order valence-corrected chi connectivity index (χ0v) is 12.5.